The Kier molecular flexibility index (Phi) is 7.57. The molecule has 34 heavy (non-hydrogen) atoms. The quantitative estimate of drug-likeness (QED) is 0.552. The van der Waals surface area contributed by atoms with Gasteiger partial charge in [-0.1, -0.05) is 42.5 Å². The molecule has 2 amide bonds. The maximum Gasteiger partial charge on any atom is 0.255 e. The summed E-state index contributed by atoms with van der Waals surface area (Å²) in [6.45, 7) is 4.54. The third-order valence-corrected chi connectivity index (χ3v) is 5.94. The number of hydrogen-bond acceptors (Lipinski definition) is 5. The number of nitrogens with one attached hydrogen (secondary N) is 2. The first-order valence-corrected chi connectivity index (χ1v) is 11.3. The summed E-state index contributed by atoms with van der Waals surface area (Å²) in [7, 11) is 1.54. The fourth-order valence-corrected chi connectivity index (χ4v) is 3.90. The fraction of sp³-hybridized carbons (Fsp3) is 0.259. The number of morpholine rings is 1. The van der Waals surface area contributed by atoms with Gasteiger partial charge >= 0.3 is 0 Å². The maximum absolute atomic E-state index is 12.8. The monoisotopic (exact) mass is 459 g/mol. The van der Waals surface area contributed by atoms with Crippen molar-refractivity contribution in [2.45, 2.75) is 13.0 Å². The predicted octanol–water partition coefficient (Wildman–Crippen LogP) is 4.27. The topological polar surface area (TPSA) is 79.9 Å². The van der Waals surface area contributed by atoms with Crippen molar-refractivity contribution in [2.24, 2.45) is 0 Å². The third-order valence-electron chi connectivity index (χ3n) is 5.94. The summed E-state index contributed by atoms with van der Waals surface area (Å²) in [5, 5.41) is 5.84. The predicted molar refractivity (Wildman–Crippen MR) is 133 cm³/mol. The summed E-state index contributed by atoms with van der Waals surface area (Å²) in [6, 6.07) is 22.3. The van der Waals surface area contributed by atoms with Crippen LogP contribution in [0.2, 0.25) is 0 Å². The summed E-state index contributed by atoms with van der Waals surface area (Å²) in [5.74, 6) is 0.150. The van der Waals surface area contributed by atoms with Crippen LogP contribution in [0.5, 0.6) is 5.75 Å². The van der Waals surface area contributed by atoms with Gasteiger partial charge in [0.05, 0.1) is 32.1 Å². The second-order valence-electron chi connectivity index (χ2n) is 8.13. The number of nitrogens with zero attached hydrogens (tertiary/aromatic N) is 1. The minimum absolute atomic E-state index is 0.139. The zero-order valence-corrected chi connectivity index (χ0v) is 19.4. The molecule has 7 nitrogen and oxygen atoms in total. The third kappa shape index (κ3) is 5.62. The number of hydrogen-bond donors (Lipinski definition) is 2. The number of rotatable bonds is 7. The Bertz CT molecular complexity index is 1130. The maximum atomic E-state index is 12.8. The molecule has 0 spiro atoms. The molecule has 1 aliphatic heterocycles. The lowest BCUT2D eigenvalue weighted by Crippen LogP contribution is -2.47. The second kappa shape index (κ2) is 11.0. The van der Waals surface area contributed by atoms with Gasteiger partial charge < -0.3 is 20.1 Å². The molecule has 176 valence electrons. The van der Waals surface area contributed by atoms with E-state index in [1.54, 1.807) is 37.4 Å². The van der Waals surface area contributed by atoms with Crippen molar-refractivity contribution in [2.75, 3.05) is 44.0 Å². The lowest BCUT2D eigenvalue weighted by Gasteiger charge is -2.31. The van der Waals surface area contributed by atoms with Crippen LogP contribution in [0.15, 0.2) is 72.8 Å². The van der Waals surface area contributed by atoms with Crippen LogP contribution in [0.25, 0.3) is 11.1 Å². The number of amides is 2. The SMILES string of the molecule is COc1ccc(NC(=O)c2ccc(-c3ccccc3)cc2)cc1NC(=O)C(C)N1CCOCC1. The summed E-state index contributed by atoms with van der Waals surface area (Å²) in [5.41, 5.74) is 3.75. The van der Waals surface area contributed by atoms with Gasteiger partial charge in [0, 0.05) is 24.3 Å². The van der Waals surface area contributed by atoms with Gasteiger partial charge in [0.15, 0.2) is 0 Å². The van der Waals surface area contributed by atoms with Crippen LogP contribution in [0.3, 0.4) is 0 Å². The minimum Gasteiger partial charge on any atom is -0.495 e. The zero-order valence-electron chi connectivity index (χ0n) is 19.4. The molecule has 1 aliphatic rings. The van der Waals surface area contributed by atoms with E-state index in [-0.39, 0.29) is 17.9 Å². The minimum atomic E-state index is -0.310. The lowest BCUT2D eigenvalue weighted by atomic mass is 10.0. The van der Waals surface area contributed by atoms with Crippen molar-refractivity contribution in [1.82, 2.24) is 4.90 Å². The molecule has 0 aromatic heterocycles. The van der Waals surface area contributed by atoms with Crippen LogP contribution in [0.4, 0.5) is 11.4 Å². The van der Waals surface area contributed by atoms with E-state index in [0.717, 1.165) is 11.1 Å². The Morgan fingerprint density at radius 2 is 1.59 bits per heavy atom. The normalized spacial score (nSPS) is 14.8. The van der Waals surface area contributed by atoms with Crippen molar-refractivity contribution in [3.05, 3.63) is 78.4 Å². The Morgan fingerprint density at radius 3 is 2.26 bits per heavy atom. The highest BCUT2D eigenvalue weighted by Gasteiger charge is 2.24. The number of methoxy groups -OCH3 is 1. The molecule has 1 saturated heterocycles. The van der Waals surface area contributed by atoms with E-state index in [0.29, 0.717) is 49.0 Å². The van der Waals surface area contributed by atoms with Crippen LogP contribution in [-0.2, 0) is 9.53 Å². The van der Waals surface area contributed by atoms with Gasteiger partial charge in [-0.2, -0.15) is 0 Å². The Labute approximate surface area is 199 Å². The summed E-state index contributed by atoms with van der Waals surface area (Å²) < 4.78 is 10.8. The Hall–Kier alpha value is -3.68. The van der Waals surface area contributed by atoms with E-state index in [1.807, 2.05) is 49.4 Å². The van der Waals surface area contributed by atoms with Gasteiger partial charge in [-0.15, -0.1) is 0 Å². The van der Waals surface area contributed by atoms with Crippen LogP contribution >= 0.6 is 0 Å². The highest BCUT2D eigenvalue weighted by Crippen LogP contribution is 2.29. The van der Waals surface area contributed by atoms with Crippen molar-refractivity contribution in [1.29, 1.82) is 0 Å². The largest absolute Gasteiger partial charge is 0.495 e. The van der Waals surface area contributed by atoms with E-state index >= 15 is 0 Å². The first-order valence-electron chi connectivity index (χ1n) is 11.3. The van der Waals surface area contributed by atoms with Crippen molar-refractivity contribution in [3.63, 3.8) is 0 Å². The molecule has 3 aromatic carbocycles. The summed E-state index contributed by atoms with van der Waals surface area (Å²) in [6.07, 6.45) is 0. The molecule has 3 aromatic rings. The van der Waals surface area contributed by atoms with E-state index < -0.39 is 0 Å². The summed E-state index contributed by atoms with van der Waals surface area (Å²) in [4.78, 5) is 27.7. The smallest absolute Gasteiger partial charge is 0.255 e. The van der Waals surface area contributed by atoms with Crippen molar-refractivity contribution < 1.29 is 19.1 Å². The van der Waals surface area contributed by atoms with Crippen molar-refractivity contribution >= 4 is 23.2 Å². The van der Waals surface area contributed by atoms with E-state index in [2.05, 4.69) is 15.5 Å². The first-order chi connectivity index (χ1) is 16.5. The molecule has 0 saturated carbocycles. The highest BCUT2D eigenvalue weighted by atomic mass is 16.5. The van der Waals surface area contributed by atoms with Crippen molar-refractivity contribution in [3.8, 4) is 16.9 Å². The van der Waals surface area contributed by atoms with E-state index in [1.165, 1.54) is 0 Å². The number of carbonyl (C=O) groups is 2. The van der Waals surface area contributed by atoms with Gasteiger partial charge in [-0.25, -0.2) is 0 Å². The number of carbonyl (C=O) groups excluding carboxylic acids is 2. The highest BCUT2D eigenvalue weighted by molar-refractivity contribution is 6.05. The fourth-order valence-electron chi connectivity index (χ4n) is 3.90. The van der Waals surface area contributed by atoms with Crippen LogP contribution in [0, 0.1) is 0 Å². The molecule has 2 N–H and O–H groups in total. The molecular formula is C27H29N3O4. The molecule has 7 heteroatoms. The van der Waals surface area contributed by atoms with Gasteiger partial charge in [-0.05, 0) is 48.4 Å². The number of anilines is 2. The zero-order chi connectivity index (χ0) is 23.9. The molecule has 0 radical (unpaired) electrons. The molecule has 1 heterocycles. The lowest BCUT2D eigenvalue weighted by molar-refractivity contribution is -0.122. The molecule has 1 atom stereocenters. The van der Waals surface area contributed by atoms with Gasteiger partial charge in [-0.3, -0.25) is 14.5 Å². The standard InChI is InChI=1S/C27H29N3O4/c1-19(30-14-16-34-17-15-30)26(31)29-24-18-23(12-13-25(24)33-2)28-27(32)22-10-8-21(9-11-22)20-6-4-3-5-7-20/h3-13,18-19H,14-17H2,1-2H3,(H,28,32)(H,29,31). The number of benzene rings is 3. The molecule has 0 aliphatic carbocycles. The van der Waals surface area contributed by atoms with E-state index in [9.17, 15) is 9.59 Å². The van der Waals surface area contributed by atoms with E-state index in [4.69, 9.17) is 9.47 Å². The average molecular weight is 460 g/mol. The Balaban J connectivity index is 1.44. The number of ether oxygens (including phenoxy) is 2. The van der Waals surface area contributed by atoms with Gasteiger partial charge in [0.1, 0.15) is 5.75 Å². The van der Waals surface area contributed by atoms with Gasteiger partial charge in [0.25, 0.3) is 5.91 Å². The van der Waals surface area contributed by atoms with Gasteiger partial charge in [0.2, 0.25) is 5.91 Å². The Morgan fingerprint density at radius 1 is 0.912 bits per heavy atom. The second-order valence-corrected chi connectivity index (χ2v) is 8.13. The molecule has 0 bridgehead atoms. The van der Waals surface area contributed by atoms with Crippen LogP contribution < -0.4 is 15.4 Å². The average Bonchev–Trinajstić information content (AvgIpc) is 2.89. The molecule has 1 fully saturated rings. The van der Waals surface area contributed by atoms with Crippen LogP contribution in [0.1, 0.15) is 17.3 Å². The molecule has 1 unspecified atom stereocenters. The van der Waals surface area contributed by atoms with Crippen LogP contribution in [-0.4, -0.2) is 56.2 Å². The molecule has 4 rings (SSSR count). The first kappa shape index (κ1) is 23.5. The molecular weight excluding hydrogens is 430 g/mol. The summed E-state index contributed by atoms with van der Waals surface area (Å²) >= 11 is 0.